The van der Waals surface area contributed by atoms with Gasteiger partial charge in [-0.25, -0.2) is 0 Å². The van der Waals surface area contributed by atoms with E-state index >= 15 is 4.11 Å². The van der Waals surface area contributed by atoms with Gasteiger partial charge in [0.25, 0.3) is 17.5 Å². The summed E-state index contributed by atoms with van der Waals surface area (Å²) < 4.78 is 27.1. The molecule has 6 N–H and O–H groups in total. The van der Waals surface area contributed by atoms with Crippen LogP contribution in [0.4, 0.5) is 21.2 Å². The molecule has 2 aromatic rings. The predicted molar refractivity (Wildman–Crippen MR) is 158 cm³/mol. The first-order valence-electron chi connectivity index (χ1n) is 14.5. The van der Waals surface area contributed by atoms with Crippen LogP contribution in [0.15, 0.2) is 42.5 Å². The van der Waals surface area contributed by atoms with Gasteiger partial charge in [-0.3, -0.25) is 19.7 Å². The minimum Gasteiger partial charge on any atom is -0.396 e. The van der Waals surface area contributed by atoms with Gasteiger partial charge in [0.2, 0.25) is 8.41 Å². The number of anilines is 2. The Kier molecular flexibility index (Phi) is 8.88. The van der Waals surface area contributed by atoms with Crippen LogP contribution < -0.4 is 10.2 Å². The molecule has 9 atom stereocenters. The van der Waals surface area contributed by atoms with Crippen LogP contribution in [0.3, 0.4) is 0 Å². The minimum atomic E-state index is -3.47. The molecule has 14 nitrogen and oxygen atoms in total. The van der Waals surface area contributed by atoms with E-state index in [4.69, 9.17) is 9.47 Å². The van der Waals surface area contributed by atoms with Gasteiger partial charge in [-0.2, -0.15) is 0 Å². The van der Waals surface area contributed by atoms with Crippen LogP contribution in [-0.2, 0) is 31.2 Å². The highest BCUT2D eigenvalue weighted by atomic mass is 28.4. The van der Waals surface area contributed by atoms with Crippen LogP contribution in [0, 0.1) is 16.0 Å². The largest absolute Gasteiger partial charge is 0.396 e. The number of aliphatic hydroxyl groups excluding tert-OH is 5. The number of nitrogens with zero attached hydrogens (tertiary/aromatic N) is 2. The number of fused-ring (bicyclic) bond motifs is 2. The van der Waals surface area contributed by atoms with Gasteiger partial charge >= 0.3 is 0 Å². The molecule has 2 aromatic carbocycles. The molecule has 0 saturated carbocycles. The lowest BCUT2D eigenvalue weighted by molar-refractivity contribution is -0.385. The second kappa shape index (κ2) is 12.1. The van der Waals surface area contributed by atoms with Gasteiger partial charge in [-0.1, -0.05) is 19.1 Å². The van der Waals surface area contributed by atoms with Crippen LogP contribution in [0.5, 0.6) is 0 Å². The number of rotatable bonds is 8. The van der Waals surface area contributed by atoms with Gasteiger partial charge in [0.1, 0.15) is 18.3 Å². The molecule has 3 aliphatic rings. The molecule has 3 aliphatic heterocycles. The van der Waals surface area contributed by atoms with Crippen molar-refractivity contribution in [2.45, 2.75) is 80.9 Å². The van der Waals surface area contributed by atoms with E-state index in [1.807, 2.05) is 0 Å². The molecular weight excluding hydrogens is 613 g/mol. The van der Waals surface area contributed by atoms with Gasteiger partial charge in [0, 0.05) is 41.4 Å². The van der Waals surface area contributed by atoms with Crippen LogP contribution in [0.2, 0.25) is 18.6 Å². The predicted octanol–water partition coefficient (Wildman–Crippen LogP) is 1.04. The Morgan fingerprint density at radius 1 is 1.13 bits per heavy atom. The standard InChI is InChI=1S/C29H36FN3O11Si/c1-14-25(45(2,3)30)20(9-10-34)44-29(14)18-12-17(33(41)42)7-8-19(18)32(28(29)40)13-15-5-4-6-16(11-15)31-26(38)24-22(36)21(35)23(37)27(39)43-24/h4-8,11-12,14,20-25,27,34-37,39H,9-10,13H2,1-3H3,(H,31,38)/t14-,20+,21+,22+,23-,24+,25-,27-,29+/m1/s1. The van der Waals surface area contributed by atoms with Crippen molar-refractivity contribution in [2.75, 3.05) is 16.8 Å². The second-order valence-electron chi connectivity index (χ2n) is 12.2. The van der Waals surface area contributed by atoms with E-state index in [9.17, 15) is 45.2 Å². The molecule has 2 fully saturated rings. The summed E-state index contributed by atoms with van der Waals surface area (Å²) >= 11 is 0. The smallest absolute Gasteiger partial charge is 0.269 e. The highest BCUT2D eigenvalue weighted by Crippen LogP contribution is 2.60. The maximum atomic E-state index is 15.7. The van der Waals surface area contributed by atoms with Gasteiger partial charge < -0.3 is 49.3 Å². The summed E-state index contributed by atoms with van der Waals surface area (Å²) in [4.78, 5) is 39.8. The number of nitrogens with one attached hydrogen (secondary N) is 1. The Labute approximate surface area is 258 Å². The number of ether oxygens (including phenoxy) is 2. The third-order valence-electron chi connectivity index (χ3n) is 8.95. The number of aliphatic hydroxyl groups is 5. The SMILES string of the molecule is C[C@@H]1[C@@H]([Si](C)(C)F)[C@H](CCO)O[C@@]12C(=O)N(Cc1cccc(NC(=O)[C@H]3O[C@@H](O)[C@H](O)[C@@H](O)[C@@H]3O)c1)c1ccc([N+](=O)[O-])cc12. The zero-order chi connectivity index (χ0) is 33.0. The van der Waals surface area contributed by atoms with E-state index in [2.05, 4.69) is 5.32 Å². The topological polar surface area (TPSA) is 212 Å². The van der Waals surface area contributed by atoms with Crippen molar-refractivity contribution in [3.8, 4) is 0 Å². The fourth-order valence-corrected chi connectivity index (χ4v) is 9.47. The summed E-state index contributed by atoms with van der Waals surface area (Å²) in [7, 11) is -3.47. The molecule has 16 heteroatoms. The van der Waals surface area contributed by atoms with Crippen molar-refractivity contribution in [1.29, 1.82) is 0 Å². The molecule has 3 heterocycles. The van der Waals surface area contributed by atoms with Crippen molar-refractivity contribution in [3.63, 3.8) is 0 Å². The van der Waals surface area contributed by atoms with E-state index < -0.39 is 79.0 Å². The molecule has 2 saturated heterocycles. The number of benzene rings is 2. The van der Waals surface area contributed by atoms with E-state index in [0.717, 1.165) is 0 Å². The number of carbonyl (C=O) groups is 2. The Hall–Kier alpha value is -3.35. The number of nitro benzene ring substituents is 1. The van der Waals surface area contributed by atoms with Crippen LogP contribution >= 0.6 is 0 Å². The fraction of sp³-hybridized carbons (Fsp3) is 0.517. The van der Waals surface area contributed by atoms with Crippen LogP contribution in [-0.4, -0.2) is 94.1 Å². The first-order chi connectivity index (χ1) is 21.1. The maximum absolute atomic E-state index is 15.7. The van der Waals surface area contributed by atoms with Crippen LogP contribution in [0.25, 0.3) is 0 Å². The lowest BCUT2D eigenvalue weighted by Gasteiger charge is -2.37. The van der Waals surface area contributed by atoms with E-state index in [0.29, 0.717) is 11.3 Å². The molecule has 0 bridgehead atoms. The summed E-state index contributed by atoms with van der Waals surface area (Å²) in [6.07, 6.45) is -9.77. The molecule has 0 aromatic heterocycles. The van der Waals surface area contributed by atoms with Gasteiger partial charge in [-0.05, 0) is 43.3 Å². The summed E-state index contributed by atoms with van der Waals surface area (Å²) in [5, 5.41) is 63.6. The number of hydrogen-bond donors (Lipinski definition) is 6. The summed E-state index contributed by atoms with van der Waals surface area (Å²) in [5.41, 5.74) is -1.37. The normalized spacial score (nSPS) is 33.0. The van der Waals surface area contributed by atoms with Crippen molar-refractivity contribution in [1.82, 2.24) is 0 Å². The van der Waals surface area contributed by atoms with Crippen molar-refractivity contribution >= 4 is 37.3 Å². The number of halogens is 1. The Morgan fingerprint density at radius 3 is 2.49 bits per heavy atom. The molecule has 2 amide bonds. The van der Waals surface area contributed by atoms with E-state index in [-0.39, 0.29) is 36.5 Å². The minimum absolute atomic E-state index is 0.0663. The summed E-state index contributed by atoms with van der Waals surface area (Å²) in [6.45, 7) is 4.35. The molecule has 1 spiro atoms. The summed E-state index contributed by atoms with van der Waals surface area (Å²) in [6, 6.07) is 10.3. The third kappa shape index (κ3) is 5.65. The second-order valence-corrected chi connectivity index (χ2v) is 16.0. The Balaban J connectivity index is 1.46. The molecule has 45 heavy (non-hydrogen) atoms. The monoisotopic (exact) mass is 649 g/mol. The number of nitro groups is 1. The molecular formula is C29H36FN3O11Si. The highest BCUT2D eigenvalue weighted by Gasteiger charge is 2.66. The molecule has 244 valence electrons. The molecule has 5 rings (SSSR count). The quantitative estimate of drug-likeness (QED) is 0.103. The third-order valence-corrected chi connectivity index (χ3v) is 11.4. The number of amides is 2. The van der Waals surface area contributed by atoms with E-state index in [1.54, 1.807) is 19.1 Å². The lowest BCUT2D eigenvalue weighted by Crippen LogP contribution is -2.60. The summed E-state index contributed by atoms with van der Waals surface area (Å²) in [5.74, 6) is -2.16. The first kappa shape index (κ1) is 33.0. The zero-order valence-corrected chi connectivity index (χ0v) is 25.7. The fourth-order valence-electron chi connectivity index (χ4n) is 6.92. The first-order valence-corrected chi connectivity index (χ1v) is 17.4. The number of carbonyl (C=O) groups excluding carboxylic acids is 2. The van der Waals surface area contributed by atoms with Crippen molar-refractivity contribution < 1.29 is 53.6 Å². The maximum Gasteiger partial charge on any atom is 0.269 e. The van der Waals surface area contributed by atoms with E-state index in [1.165, 1.54) is 48.3 Å². The molecule has 0 radical (unpaired) electrons. The Bertz CT molecular complexity index is 1490. The number of non-ortho nitro benzene ring substituents is 1. The van der Waals surface area contributed by atoms with Crippen molar-refractivity contribution in [2.24, 2.45) is 5.92 Å². The van der Waals surface area contributed by atoms with Gasteiger partial charge in [-0.15, -0.1) is 0 Å². The highest BCUT2D eigenvalue weighted by molar-refractivity contribution is 6.72. The zero-order valence-electron chi connectivity index (χ0n) is 24.7. The lowest BCUT2D eigenvalue weighted by atomic mass is 9.82. The van der Waals surface area contributed by atoms with Crippen molar-refractivity contribution in [3.05, 3.63) is 63.7 Å². The molecule has 0 aliphatic carbocycles. The Morgan fingerprint density at radius 2 is 1.84 bits per heavy atom. The average molecular weight is 650 g/mol. The van der Waals surface area contributed by atoms with Gasteiger partial charge in [0.15, 0.2) is 18.0 Å². The molecule has 0 unspecified atom stereocenters. The average Bonchev–Trinajstić information content (AvgIpc) is 3.40. The van der Waals surface area contributed by atoms with Gasteiger partial charge in [0.05, 0.1) is 23.3 Å². The number of hydrogen-bond acceptors (Lipinski definition) is 11. The van der Waals surface area contributed by atoms with Crippen LogP contribution in [0.1, 0.15) is 24.5 Å².